The Morgan fingerprint density at radius 2 is 1.85 bits per heavy atom. The summed E-state index contributed by atoms with van der Waals surface area (Å²) in [5.41, 5.74) is 1.22. The minimum Gasteiger partial charge on any atom is -0.493 e. The molecule has 7 nitrogen and oxygen atoms in total. The lowest BCUT2D eigenvalue weighted by molar-refractivity contribution is -0.384. The van der Waals surface area contributed by atoms with Gasteiger partial charge in [-0.25, -0.2) is 0 Å². The van der Waals surface area contributed by atoms with Crippen molar-refractivity contribution in [2.75, 3.05) is 21.3 Å². The number of carbonyl (C=O) groups is 1. The summed E-state index contributed by atoms with van der Waals surface area (Å²) in [6.07, 6.45) is 0.156. The Morgan fingerprint density at radius 1 is 1.15 bits per heavy atom. The molecule has 0 spiro atoms. The van der Waals surface area contributed by atoms with E-state index in [9.17, 15) is 14.9 Å². The lowest BCUT2D eigenvalue weighted by Crippen LogP contribution is -2.27. The fourth-order valence-electron chi connectivity index (χ4n) is 2.44. The van der Waals surface area contributed by atoms with E-state index < -0.39 is 4.92 Å². The van der Waals surface area contributed by atoms with E-state index in [2.05, 4.69) is 0 Å². The average molecular weight is 379 g/mol. The van der Waals surface area contributed by atoms with Crippen LogP contribution in [-0.4, -0.2) is 37.0 Å². The van der Waals surface area contributed by atoms with Crippen molar-refractivity contribution in [3.8, 4) is 11.5 Å². The van der Waals surface area contributed by atoms with Gasteiger partial charge >= 0.3 is 0 Å². The zero-order chi connectivity index (χ0) is 19.3. The number of nitro groups is 1. The molecule has 0 bridgehead atoms. The van der Waals surface area contributed by atoms with Crippen molar-refractivity contribution < 1.29 is 19.2 Å². The molecular weight excluding hydrogens is 360 g/mol. The van der Waals surface area contributed by atoms with Crippen molar-refractivity contribution in [3.05, 3.63) is 62.7 Å². The molecule has 0 heterocycles. The topological polar surface area (TPSA) is 81.9 Å². The predicted octanol–water partition coefficient (Wildman–Crippen LogP) is 3.47. The third-order valence-electron chi connectivity index (χ3n) is 3.88. The maximum Gasteiger partial charge on any atom is 0.269 e. The van der Waals surface area contributed by atoms with Crippen LogP contribution in [0, 0.1) is 10.1 Å². The number of amides is 1. The number of hydrogen-bond donors (Lipinski definition) is 0. The largest absolute Gasteiger partial charge is 0.493 e. The molecule has 0 unspecified atom stereocenters. The van der Waals surface area contributed by atoms with Gasteiger partial charge in [-0.3, -0.25) is 14.9 Å². The van der Waals surface area contributed by atoms with E-state index >= 15 is 0 Å². The molecule has 0 aromatic heterocycles. The molecule has 0 aliphatic carbocycles. The van der Waals surface area contributed by atoms with E-state index in [4.69, 9.17) is 21.1 Å². The van der Waals surface area contributed by atoms with Crippen LogP contribution in [0.5, 0.6) is 11.5 Å². The average Bonchev–Trinajstić information content (AvgIpc) is 2.62. The van der Waals surface area contributed by atoms with Gasteiger partial charge in [0.15, 0.2) is 11.5 Å². The number of nitro benzene ring substituents is 1. The highest BCUT2D eigenvalue weighted by Gasteiger charge is 2.16. The quantitative estimate of drug-likeness (QED) is 0.544. The van der Waals surface area contributed by atoms with E-state index in [0.29, 0.717) is 22.1 Å². The summed E-state index contributed by atoms with van der Waals surface area (Å²) >= 11 is 6.09. The Balaban J connectivity index is 2.11. The van der Waals surface area contributed by atoms with Crippen LogP contribution >= 0.6 is 11.6 Å². The molecule has 1 amide bonds. The monoisotopic (exact) mass is 378 g/mol. The van der Waals surface area contributed by atoms with E-state index in [1.54, 1.807) is 32.4 Å². The van der Waals surface area contributed by atoms with Crippen molar-refractivity contribution in [2.24, 2.45) is 0 Å². The molecule has 138 valence electrons. The number of nitrogens with zero attached hydrogens (tertiary/aromatic N) is 2. The highest BCUT2D eigenvalue weighted by molar-refractivity contribution is 6.31. The number of halogens is 1. The van der Waals surface area contributed by atoms with Gasteiger partial charge in [-0.2, -0.15) is 0 Å². The van der Waals surface area contributed by atoms with Crippen molar-refractivity contribution in [1.82, 2.24) is 4.90 Å². The summed E-state index contributed by atoms with van der Waals surface area (Å²) in [5, 5.41) is 11.3. The van der Waals surface area contributed by atoms with Gasteiger partial charge in [-0.05, 0) is 29.3 Å². The van der Waals surface area contributed by atoms with Gasteiger partial charge < -0.3 is 14.4 Å². The standard InChI is InChI=1S/C18H19ClN2O5/c1-20(11-13-10-14(21(23)24)5-6-15(13)19)18(22)9-12-4-7-16(25-2)17(8-12)26-3/h4-8,10H,9,11H2,1-3H3. The first-order valence-corrected chi connectivity index (χ1v) is 8.11. The van der Waals surface area contributed by atoms with E-state index in [-0.39, 0.29) is 24.6 Å². The first kappa shape index (κ1) is 19.5. The van der Waals surface area contributed by atoms with Gasteiger partial charge in [0, 0.05) is 30.7 Å². The molecule has 2 rings (SSSR count). The molecule has 2 aromatic rings. The van der Waals surface area contributed by atoms with Crippen LogP contribution in [0.4, 0.5) is 5.69 Å². The van der Waals surface area contributed by atoms with E-state index in [1.165, 1.54) is 30.2 Å². The van der Waals surface area contributed by atoms with Crippen LogP contribution in [0.1, 0.15) is 11.1 Å². The maximum atomic E-state index is 12.5. The second kappa shape index (κ2) is 8.53. The molecule has 0 fully saturated rings. The van der Waals surface area contributed by atoms with E-state index in [1.807, 2.05) is 0 Å². The summed E-state index contributed by atoms with van der Waals surface area (Å²) in [6, 6.07) is 9.43. The van der Waals surface area contributed by atoms with Gasteiger partial charge in [0.2, 0.25) is 5.91 Å². The summed E-state index contributed by atoms with van der Waals surface area (Å²) in [6.45, 7) is 0.173. The number of rotatable bonds is 7. The Morgan fingerprint density at radius 3 is 2.46 bits per heavy atom. The molecule has 0 aliphatic rings. The number of methoxy groups -OCH3 is 2. The Labute approximate surface area is 156 Å². The Kier molecular flexibility index (Phi) is 6.41. The van der Waals surface area contributed by atoms with Gasteiger partial charge in [0.05, 0.1) is 25.6 Å². The lowest BCUT2D eigenvalue weighted by atomic mass is 10.1. The number of non-ortho nitro benzene ring substituents is 1. The molecule has 0 radical (unpaired) electrons. The normalized spacial score (nSPS) is 10.3. The van der Waals surface area contributed by atoms with Crippen LogP contribution in [0.15, 0.2) is 36.4 Å². The van der Waals surface area contributed by atoms with Crippen molar-refractivity contribution in [2.45, 2.75) is 13.0 Å². The zero-order valence-electron chi connectivity index (χ0n) is 14.7. The molecule has 0 aliphatic heterocycles. The molecule has 26 heavy (non-hydrogen) atoms. The Bertz CT molecular complexity index is 825. The minimum absolute atomic E-state index is 0.0647. The molecular formula is C18H19ClN2O5. The number of likely N-dealkylation sites (N-methyl/N-ethyl adjacent to an activating group) is 1. The van der Waals surface area contributed by atoms with Crippen LogP contribution in [0.3, 0.4) is 0 Å². The lowest BCUT2D eigenvalue weighted by Gasteiger charge is -2.18. The SMILES string of the molecule is COc1ccc(CC(=O)N(C)Cc2cc([N+](=O)[O-])ccc2Cl)cc1OC. The number of hydrogen-bond acceptors (Lipinski definition) is 5. The van der Waals surface area contributed by atoms with Crippen molar-refractivity contribution in [1.29, 1.82) is 0 Å². The first-order valence-electron chi connectivity index (χ1n) is 7.73. The first-order chi connectivity index (χ1) is 12.3. The molecule has 8 heteroatoms. The summed E-state index contributed by atoms with van der Waals surface area (Å²) in [7, 11) is 4.69. The van der Waals surface area contributed by atoms with E-state index in [0.717, 1.165) is 5.56 Å². The molecule has 0 saturated heterocycles. The van der Waals surface area contributed by atoms with Gasteiger partial charge in [-0.1, -0.05) is 17.7 Å². The van der Waals surface area contributed by atoms with Crippen LogP contribution in [0.25, 0.3) is 0 Å². The van der Waals surface area contributed by atoms with Crippen molar-refractivity contribution >= 4 is 23.2 Å². The van der Waals surface area contributed by atoms with Crippen molar-refractivity contribution in [3.63, 3.8) is 0 Å². The smallest absolute Gasteiger partial charge is 0.269 e. The predicted molar refractivity (Wildman–Crippen MR) is 97.8 cm³/mol. The fraction of sp³-hybridized carbons (Fsp3) is 0.278. The third kappa shape index (κ3) is 4.64. The van der Waals surface area contributed by atoms with Crippen LogP contribution < -0.4 is 9.47 Å². The third-order valence-corrected chi connectivity index (χ3v) is 4.25. The van der Waals surface area contributed by atoms with Gasteiger partial charge in [0.25, 0.3) is 5.69 Å². The highest BCUT2D eigenvalue weighted by atomic mass is 35.5. The summed E-state index contributed by atoms with van der Waals surface area (Å²) in [5.74, 6) is 0.974. The molecule has 0 atom stereocenters. The van der Waals surface area contributed by atoms with Gasteiger partial charge in [-0.15, -0.1) is 0 Å². The second-order valence-electron chi connectivity index (χ2n) is 5.65. The number of benzene rings is 2. The molecule has 0 saturated carbocycles. The van der Waals surface area contributed by atoms with Crippen LogP contribution in [0.2, 0.25) is 5.02 Å². The summed E-state index contributed by atoms with van der Waals surface area (Å²) < 4.78 is 10.4. The molecule has 0 N–H and O–H groups in total. The Hall–Kier alpha value is -2.80. The highest BCUT2D eigenvalue weighted by Crippen LogP contribution is 2.28. The van der Waals surface area contributed by atoms with Crippen LogP contribution in [-0.2, 0) is 17.8 Å². The summed E-state index contributed by atoms with van der Waals surface area (Å²) in [4.78, 5) is 24.4. The number of carbonyl (C=O) groups excluding carboxylic acids is 1. The fourth-order valence-corrected chi connectivity index (χ4v) is 2.62. The number of ether oxygens (including phenoxy) is 2. The van der Waals surface area contributed by atoms with Gasteiger partial charge in [0.1, 0.15) is 0 Å². The minimum atomic E-state index is -0.495. The maximum absolute atomic E-state index is 12.5. The second-order valence-corrected chi connectivity index (χ2v) is 6.06. The molecule has 2 aromatic carbocycles. The zero-order valence-corrected chi connectivity index (χ0v) is 15.4.